The highest BCUT2D eigenvalue weighted by Gasteiger charge is 2.23. The largest absolute Gasteiger partial charge is 0.511 e. The number of allylic oxidation sites excluding steroid dienone is 2. The van der Waals surface area contributed by atoms with Gasteiger partial charge in [-0.3, -0.25) is 4.79 Å². The zero-order valence-electron chi connectivity index (χ0n) is 11.1. The number of aliphatic hydroxyl groups is 1. The highest BCUT2D eigenvalue weighted by molar-refractivity contribution is 6.21. The Morgan fingerprint density at radius 2 is 2.30 bits per heavy atom. The molecule has 108 valence electrons. The van der Waals surface area contributed by atoms with Gasteiger partial charge in [0.2, 0.25) is 0 Å². The van der Waals surface area contributed by atoms with Crippen molar-refractivity contribution in [3.05, 3.63) is 47.8 Å². The van der Waals surface area contributed by atoms with E-state index in [2.05, 4.69) is 23.5 Å². The summed E-state index contributed by atoms with van der Waals surface area (Å²) in [6.07, 6.45) is 1.45. The number of amides is 1. The van der Waals surface area contributed by atoms with Crippen molar-refractivity contribution in [1.82, 2.24) is 5.32 Å². The second-order valence-electron chi connectivity index (χ2n) is 3.85. The van der Waals surface area contributed by atoms with Crippen molar-refractivity contribution in [2.24, 2.45) is 10.7 Å². The van der Waals surface area contributed by atoms with Gasteiger partial charge in [0.25, 0.3) is 5.91 Å². The predicted molar refractivity (Wildman–Crippen MR) is 73.4 cm³/mol. The average Bonchev–Trinajstić information content (AvgIpc) is 2.37. The third-order valence-electron chi connectivity index (χ3n) is 2.54. The highest BCUT2D eigenvalue weighted by Crippen LogP contribution is 2.19. The van der Waals surface area contributed by atoms with Crippen molar-refractivity contribution in [3.63, 3.8) is 0 Å². The lowest BCUT2D eigenvalue weighted by Crippen LogP contribution is -2.37. The smallest absolute Gasteiger partial charge is 0.258 e. The number of carbonyl (C=O) groups is 1. The number of aliphatic imine (C=N–C) groups is 1. The van der Waals surface area contributed by atoms with Crippen LogP contribution >= 0.6 is 0 Å². The molecule has 0 aliphatic carbocycles. The van der Waals surface area contributed by atoms with Gasteiger partial charge in [-0.25, -0.2) is 9.38 Å². The van der Waals surface area contributed by atoms with Crippen LogP contribution < -0.4 is 11.1 Å². The van der Waals surface area contributed by atoms with E-state index in [4.69, 9.17) is 10.5 Å². The van der Waals surface area contributed by atoms with Gasteiger partial charge in [0.05, 0.1) is 7.11 Å². The normalized spacial score (nSPS) is 17.3. The maximum Gasteiger partial charge on any atom is 0.258 e. The fourth-order valence-corrected chi connectivity index (χ4v) is 1.63. The monoisotopic (exact) mass is 281 g/mol. The van der Waals surface area contributed by atoms with Gasteiger partial charge in [0.15, 0.2) is 11.6 Å². The van der Waals surface area contributed by atoms with Crippen LogP contribution in [0, 0.1) is 0 Å². The van der Waals surface area contributed by atoms with Crippen LogP contribution in [-0.4, -0.2) is 30.5 Å². The van der Waals surface area contributed by atoms with Crippen LogP contribution in [0.1, 0.15) is 6.42 Å². The first-order chi connectivity index (χ1) is 9.42. The van der Waals surface area contributed by atoms with E-state index in [9.17, 15) is 14.3 Å². The Balaban J connectivity index is 3.30. The quantitative estimate of drug-likeness (QED) is 0.305. The maximum atomic E-state index is 13.2. The summed E-state index contributed by atoms with van der Waals surface area (Å²) in [6, 6.07) is 0. The van der Waals surface area contributed by atoms with Gasteiger partial charge in [-0.2, -0.15) is 0 Å². The molecule has 0 unspecified atom stereocenters. The van der Waals surface area contributed by atoms with Crippen molar-refractivity contribution >= 4 is 11.7 Å². The third kappa shape index (κ3) is 3.25. The van der Waals surface area contributed by atoms with E-state index < -0.39 is 11.7 Å². The zero-order valence-corrected chi connectivity index (χ0v) is 11.1. The molecular weight excluding hydrogens is 265 g/mol. The zero-order chi connectivity index (χ0) is 15.3. The van der Waals surface area contributed by atoms with E-state index >= 15 is 0 Å². The van der Waals surface area contributed by atoms with Crippen LogP contribution in [0.4, 0.5) is 4.39 Å². The van der Waals surface area contributed by atoms with E-state index in [1.807, 2.05) is 0 Å². The van der Waals surface area contributed by atoms with E-state index in [-0.39, 0.29) is 35.0 Å². The number of nitrogens with zero attached hydrogens (tertiary/aromatic N) is 1. The summed E-state index contributed by atoms with van der Waals surface area (Å²) in [5.74, 6) is -2.08. The highest BCUT2D eigenvalue weighted by atomic mass is 19.1. The number of amidine groups is 1. The van der Waals surface area contributed by atoms with Crippen molar-refractivity contribution in [3.8, 4) is 0 Å². The van der Waals surface area contributed by atoms with E-state index in [0.29, 0.717) is 6.54 Å². The number of halogens is 1. The third-order valence-corrected chi connectivity index (χ3v) is 2.54. The molecule has 0 saturated carbocycles. The molecule has 1 aliphatic rings. The summed E-state index contributed by atoms with van der Waals surface area (Å²) in [5.41, 5.74) is 5.51. The molecule has 1 aliphatic heterocycles. The average molecular weight is 281 g/mol. The van der Waals surface area contributed by atoms with E-state index in [1.165, 1.54) is 13.2 Å². The fraction of sp³-hybridized carbons (Fsp3) is 0.231. The standard InChI is InChI=1S/C13H16FN3O3/c1-4-8(11(20-3)7(2)14)17-12(15)10-9(18)5-6-16-13(10)19/h4,18H,1-2,5-6H2,3H3,(H2,15,17)(H,16,19)/b11-8-. The molecule has 4 N–H and O–H groups in total. The first-order valence-corrected chi connectivity index (χ1v) is 5.72. The van der Waals surface area contributed by atoms with Crippen molar-refractivity contribution in [2.75, 3.05) is 13.7 Å². The van der Waals surface area contributed by atoms with Crippen LogP contribution in [0.3, 0.4) is 0 Å². The first-order valence-electron chi connectivity index (χ1n) is 5.72. The molecule has 20 heavy (non-hydrogen) atoms. The van der Waals surface area contributed by atoms with Gasteiger partial charge in [-0.05, 0) is 6.08 Å². The molecule has 0 fully saturated rings. The lowest BCUT2D eigenvalue weighted by molar-refractivity contribution is -0.117. The Morgan fingerprint density at radius 3 is 2.75 bits per heavy atom. The van der Waals surface area contributed by atoms with Crippen LogP contribution in [0.5, 0.6) is 0 Å². The topological polar surface area (TPSA) is 96.9 Å². The molecule has 0 radical (unpaired) electrons. The minimum absolute atomic E-state index is 0.0313. The molecule has 0 aromatic carbocycles. The van der Waals surface area contributed by atoms with Gasteiger partial charge in [0, 0.05) is 13.0 Å². The van der Waals surface area contributed by atoms with Gasteiger partial charge in [-0.15, -0.1) is 0 Å². The molecule has 0 spiro atoms. The number of hydrogen-bond acceptors (Lipinski definition) is 4. The SMILES string of the molecule is C=C/C(N=C(N)C1=C(O)CCNC1=O)=C(/OC)C(=C)F. The van der Waals surface area contributed by atoms with Crippen LogP contribution in [0.25, 0.3) is 0 Å². The number of carbonyl (C=O) groups excluding carboxylic acids is 1. The predicted octanol–water partition coefficient (Wildman–Crippen LogP) is 1.20. The summed E-state index contributed by atoms with van der Waals surface area (Å²) in [4.78, 5) is 15.5. The van der Waals surface area contributed by atoms with Crippen molar-refractivity contribution < 1.29 is 19.0 Å². The number of nitrogens with one attached hydrogen (secondary N) is 1. The lowest BCUT2D eigenvalue weighted by Gasteiger charge is -2.16. The lowest BCUT2D eigenvalue weighted by atomic mass is 10.1. The summed E-state index contributed by atoms with van der Waals surface area (Å²) < 4.78 is 18.0. The van der Waals surface area contributed by atoms with E-state index in [1.54, 1.807) is 0 Å². The molecule has 7 heteroatoms. The Morgan fingerprint density at radius 1 is 1.65 bits per heavy atom. The number of ether oxygens (including phenoxy) is 1. The van der Waals surface area contributed by atoms with Gasteiger partial charge >= 0.3 is 0 Å². The first kappa shape index (κ1) is 15.5. The molecule has 1 rings (SSSR count). The molecule has 0 aromatic heterocycles. The number of methoxy groups -OCH3 is 1. The Hall–Kier alpha value is -2.57. The maximum absolute atomic E-state index is 13.2. The molecule has 1 heterocycles. The molecule has 1 amide bonds. The molecule has 0 atom stereocenters. The minimum Gasteiger partial charge on any atom is -0.511 e. The summed E-state index contributed by atoms with van der Waals surface area (Å²) in [5, 5.41) is 12.2. The Labute approximate surface area is 115 Å². The number of nitrogens with two attached hydrogens (primary N) is 1. The number of rotatable bonds is 5. The molecule has 0 bridgehead atoms. The number of hydrogen-bond donors (Lipinski definition) is 3. The fourth-order valence-electron chi connectivity index (χ4n) is 1.63. The van der Waals surface area contributed by atoms with Crippen LogP contribution in [-0.2, 0) is 9.53 Å². The summed E-state index contributed by atoms with van der Waals surface area (Å²) in [6.45, 7) is 6.87. The van der Waals surface area contributed by atoms with Crippen LogP contribution in [0.15, 0.2) is 52.8 Å². The Bertz CT molecular complexity index is 547. The molecule has 0 saturated heterocycles. The van der Waals surface area contributed by atoms with E-state index in [0.717, 1.165) is 0 Å². The minimum atomic E-state index is -0.856. The van der Waals surface area contributed by atoms with Gasteiger partial charge in [0.1, 0.15) is 22.9 Å². The molecule has 0 aromatic rings. The Kier molecular flexibility index (Phi) is 5.08. The second-order valence-corrected chi connectivity index (χ2v) is 3.85. The molecule has 6 nitrogen and oxygen atoms in total. The van der Waals surface area contributed by atoms with Gasteiger partial charge < -0.3 is 20.9 Å². The summed E-state index contributed by atoms with van der Waals surface area (Å²) >= 11 is 0. The van der Waals surface area contributed by atoms with Crippen molar-refractivity contribution in [2.45, 2.75) is 6.42 Å². The number of aliphatic hydroxyl groups excluding tert-OH is 1. The molecular formula is C13H16FN3O3. The second kappa shape index (κ2) is 6.55. The summed E-state index contributed by atoms with van der Waals surface area (Å²) in [7, 11) is 1.24. The van der Waals surface area contributed by atoms with Crippen molar-refractivity contribution in [1.29, 1.82) is 0 Å². The van der Waals surface area contributed by atoms with Gasteiger partial charge in [-0.1, -0.05) is 13.2 Å². The van der Waals surface area contributed by atoms with Crippen LogP contribution in [0.2, 0.25) is 0 Å².